The van der Waals surface area contributed by atoms with E-state index in [1.165, 1.54) is 4.90 Å². The van der Waals surface area contributed by atoms with Crippen molar-refractivity contribution in [1.29, 1.82) is 0 Å². The number of piperidine rings is 1. The summed E-state index contributed by atoms with van der Waals surface area (Å²) in [6.45, 7) is 0.933. The van der Waals surface area contributed by atoms with Gasteiger partial charge < -0.3 is 15.1 Å². The molecule has 1 amide bonds. The highest BCUT2D eigenvalue weighted by Crippen LogP contribution is 2.18. The SMILES string of the molecule is O=C(C(O)c1ccccc1)N1CCCC(O)C1. The van der Waals surface area contributed by atoms with Crippen LogP contribution in [0.3, 0.4) is 0 Å². The summed E-state index contributed by atoms with van der Waals surface area (Å²) in [5.41, 5.74) is 0.595. The number of β-amino-alcohol motifs (C(OH)–C–C–N with tert-alkyl or cyclic N) is 1. The van der Waals surface area contributed by atoms with Crippen LogP contribution < -0.4 is 0 Å². The van der Waals surface area contributed by atoms with Gasteiger partial charge in [0, 0.05) is 13.1 Å². The number of rotatable bonds is 2. The molecular formula is C13H17NO3. The Morgan fingerprint density at radius 3 is 2.71 bits per heavy atom. The van der Waals surface area contributed by atoms with Gasteiger partial charge in [-0.3, -0.25) is 4.79 Å². The Morgan fingerprint density at radius 1 is 1.35 bits per heavy atom. The van der Waals surface area contributed by atoms with Crippen molar-refractivity contribution in [2.75, 3.05) is 13.1 Å². The molecule has 0 aromatic heterocycles. The number of hydrogen-bond donors (Lipinski definition) is 2. The molecule has 0 spiro atoms. The van der Waals surface area contributed by atoms with E-state index in [4.69, 9.17) is 0 Å². The molecule has 2 unspecified atom stereocenters. The van der Waals surface area contributed by atoms with Crippen molar-refractivity contribution in [2.24, 2.45) is 0 Å². The smallest absolute Gasteiger partial charge is 0.256 e. The maximum Gasteiger partial charge on any atom is 0.256 e. The highest BCUT2D eigenvalue weighted by Gasteiger charge is 2.27. The molecule has 1 aliphatic rings. The lowest BCUT2D eigenvalue weighted by Gasteiger charge is -2.31. The molecular weight excluding hydrogens is 218 g/mol. The maximum atomic E-state index is 12.0. The molecule has 2 N–H and O–H groups in total. The third-order valence-electron chi connectivity index (χ3n) is 3.06. The van der Waals surface area contributed by atoms with Crippen molar-refractivity contribution in [3.63, 3.8) is 0 Å². The second kappa shape index (κ2) is 5.29. The van der Waals surface area contributed by atoms with Crippen LogP contribution in [-0.4, -0.2) is 40.2 Å². The molecule has 0 aliphatic carbocycles. The second-order valence-corrected chi connectivity index (χ2v) is 4.39. The summed E-state index contributed by atoms with van der Waals surface area (Å²) in [7, 11) is 0. The first-order valence-corrected chi connectivity index (χ1v) is 5.88. The highest BCUT2D eigenvalue weighted by atomic mass is 16.3. The molecule has 1 heterocycles. The Kier molecular flexibility index (Phi) is 3.76. The van der Waals surface area contributed by atoms with Gasteiger partial charge in [-0.1, -0.05) is 30.3 Å². The van der Waals surface area contributed by atoms with Crippen molar-refractivity contribution in [3.05, 3.63) is 35.9 Å². The molecule has 1 aliphatic heterocycles. The van der Waals surface area contributed by atoms with E-state index in [1.54, 1.807) is 24.3 Å². The fraction of sp³-hybridized carbons (Fsp3) is 0.462. The van der Waals surface area contributed by atoms with Crippen LogP contribution in [0.4, 0.5) is 0 Å². The number of carbonyl (C=O) groups is 1. The topological polar surface area (TPSA) is 60.8 Å². The zero-order valence-corrected chi connectivity index (χ0v) is 9.62. The van der Waals surface area contributed by atoms with Gasteiger partial charge in [-0.15, -0.1) is 0 Å². The van der Waals surface area contributed by atoms with Gasteiger partial charge in [0.05, 0.1) is 6.10 Å². The minimum atomic E-state index is -1.12. The fourth-order valence-electron chi connectivity index (χ4n) is 2.11. The molecule has 4 heteroatoms. The van der Waals surface area contributed by atoms with Crippen molar-refractivity contribution in [1.82, 2.24) is 4.90 Å². The molecule has 92 valence electrons. The summed E-state index contributed by atoms with van der Waals surface area (Å²) in [5, 5.41) is 19.5. The summed E-state index contributed by atoms with van der Waals surface area (Å²) in [6, 6.07) is 8.87. The van der Waals surface area contributed by atoms with Crippen molar-refractivity contribution in [2.45, 2.75) is 25.0 Å². The van der Waals surface area contributed by atoms with Crippen LogP contribution in [0, 0.1) is 0 Å². The third-order valence-corrected chi connectivity index (χ3v) is 3.06. The van der Waals surface area contributed by atoms with Crippen LogP contribution in [0.1, 0.15) is 24.5 Å². The average Bonchev–Trinajstić information content (AvgIpc) is 2.38. The van der Waals surface area contributed by atoms with Crippen LogP contribution in [0.2, 0.25) is 0 Å². The van der Waals surface area contributed by atoms with E-state index < -0.39 is 12.2 Å². The fourth-order valence-corrected chi connectivity index (χ4v) is 2.11. The molecule has 2 rings (SSSR count). The van der Waals surface area contributed by atoms with E-state index in [0.29, 0.717) is 18.7 Å². The summed E-state index contributed by atoms with van der Waals surface area (Å²) >= 11 is 0. The Morgan fingerprint density at radius 2 is 2.06 bits per heavy atom. The van der Waals surface area contributed by atoms with E-state index in [1.807, 2.05) is 6.07 Å². The molecule has 0 saturated carbocycles. The van der Waals surface area contributed by atoms with E-state index >= 15 is 0 Å². The van der Waals surface area contributed by atoms with Crippen molar-refractivity contribution in [3.8, 4) is 0 Å². The number of hydrogen-bond acceptors (Lipinski definition) is 3. The number of carbonyl (C=O) groups excluding carboxylic acids is 1. The largest absolute Gasteiger partial charge is 0.391 e. The van der Waals surface area contributed by atoms with E-state index in [9.17, 15) is 15.0 Å². The van der Waals surface area contributed by atoms with Gasteiger partial charge in [0.25, 0.3) is 5.91 Å². The Labute approximate surface area is 100 Å². The summed E-state index contributed by atoms with van der Waals surface area (Å²) in [5.74, 6) is -0.324. The van der Waals surface area contributed by atoms with Gasteiger partial charge in [0.1, 0.15) is 0 Å². The molecule has 17 heavy (non-hydrogen) atoms. The summed E-state index contributed by atoms with van der Waals surface area (Å²) in [4.78, 5) is 13.5. The number of amides is 1. The number of benzene rings is 1. The van der Waals surface area contributed by atoms with Gasteiger partial charge >= 0.3 is 0 Å². The van der Waals surface area contributed by atoms with Gasteiger partial charge in [-0.05, 0) is 18.4 Å². The first-order chi connectivity index (χ1) is 8.18. The van der Waals surface area contributed by atoms with Crippen LogP contribution in [-0.2, 0) is 4.79 Å². The van der Waals surface area contributed by atoms with Crippen LogP contribution >= 0.6 is 0 Å². The zero-order chi connectivity index (χ0) is 12.3. The normalized spacial score (nSPS) is 22.2. The van der Waals surface area contributed by atoms with E-state index in [-0.39, 0.29) is 5.91 Å². The molecule has 2 atom stereocenters. The first kappa shape index (κ1) is 12.1. The van der Waals surface area contributed by atoms with Gasteiger partial charge in [-0.2, -0.15) is 0 Å². The maximum absolute atomic E-state index is 12.0. The molecule has 0 radical (unpaired) electrons. The molecule has 1 aromatic carbocycles. The lowest BCUT2D eigenvalue weighted by atomic mass is 10.0. The van der Waals surface area contributed by atoms with Gasteiger partial charge in [0.2, 0.25) is 0 Å². The number of likely N-dealkylation sites (tertiary alicyclic amines) is 1. The third kappa shape index (κ3) is 2.84. The molecule has 1 fully saturated rings. The molecule has 1 saturated heterocycles. The zero-order valence-electron chi connectivity index (χ0n) is 9.62. The minimum Gasteiger partial charge on any atom is -0.391 e. The standard InChI is InChI=1S/C13H17NO3/c15-11-7-4-8-14(9-11)13(17)12(16)10-5-2-1-3-6-10/h1-3,5-6,11-12,15-16H,4,7-9H2. The summed E-state index contributed by atoms with van der Waals surface area (Å²) < 4.78 is 0. The van der Waals surface area contributed by atoms with Crippen LogP contribution in [0.15, 0.2) is 30.3 Å². The van der Waals surface area contributed by atoms with Crippen LogP contribution in [0.5, 0.6) is 0 Å². The van der Waals surface area contributed by atoms with Gasteiger partial charge in [0.15, 0.2) is 6.10 Å². The van der Waals surface area contributed by atoms with E-state index in [0.717, 1.165) is 12.8 Å². The molecule has 4 nitrogen and oxygen atoms in total. The predicted octanol–water partition coefficient (Wildman–Crippen LogP) is 0.703. The summed E-state index contributed by atoms with van der Waals surface area (Å²) in [6.07, 6.45) is -0.0724. The van der Waals surface area contributed by atoms with E-state index in [2.05, 4.69) is 0 Å². The Bertz CT molecular complexity index is 380. The van der Waals surface area contributed by atoms with Crippen LogP contribution in [0.25, 0.3) is 0 Å². The lowest BCUT2D eigenvalue weighted by molar-refractivity contribution is -0.143. The predicted molar refractivity (Wildman–Crippen MR) is 63.2 cm³/mol. The molecule has 1 aromatic rings. The number of aliphatic hydroxyl groups is 2. The minimum absolute atomic E-state index is 0.322. The van der Waals surface area contributed by atoms with Crippen molar-refractivity contribution >= 4 is 5.91 Å². The number of nitrogens with zero attached hydrogens (tertiary/aromatic N) is 1. The Hall–Kier alpha value is -1.39. The lowest BCUT2D eigenvalue weighted by Crippen LogP contribution is -2.44. The highest BCUT2D eigenvalue weighted by molar-refractivity contribution is 5.82. The van der Waals surface area contributed by atoms with Gasteiger partial charge in [-0.25, -0.2) is 0 Å². The monoisotopic (exact) mass is 235 g/mol. The first-order valence-electron chi connectivity index (χ1n) is 5.88. The average molecular weight is 235 g/mol. The Balaban J connectivity index is 2.04. The molecule has 0 bridgehead atoms. The quantitative estimate of drug-likeness (QED) is 0.793. The van der Waals surface area contributed by atoms with Crippen molar-refractivity contribution < 1.29 is 15.0 Å². The number of aliphatic hydroxyl groups excluding tert-OH is 2. The second-order valence-electron chi connectivity index (χ2n) is 4.39.